The highest BCUT2D eigenvalue weighted by Gasteiger charge is 2.24. The van der Waals surface area contributed by atoms with Crippen molar-refractivity contribution in [2.75, 3.05) is 19.6 Å². The van der Waals surface area contributed by atoms with Gasteiger partial charge in [0.25, 0.3) is 0 Å². The highest BCUT2D eigenvalue weighted by atomic mass is 16.2. The number of benzene rings is 1. The van der Waals surface area contributed by atoms with Crippen molar-refractivity contribution in [3.8, 4) is 0 Å². The first-order chi connectivity index (χ1) is 10.2. The lowest BCUT2D eigenvalue weighted by molar-refractivity contribution is -0.128. The summed E-state index contributed by atoms with van der Waals surface area (Å²) in [4.78, 5) is 25.4. The van der Waals surface area contributed by atoms with Crippen LogP contribution in [0.2, 0.25) is 0 Å². The average Bonchev–Trinajstić information content (AvgIpc) is 2.81. The first-order valence-electron chi connectivity index (χ1n) is 7.56. The van der Waals surface area contributed by atoms with Crippen molar-refractivity contribution in [3.05, 3.63) is 35.4 Å². The first-order valence-corrected chi connectivity index (χ1v) is 7.56. The molecule has 0 spiro atoms. The lowest BCUT2D eigenvalue weighted by Crippen LogP contribution is -2.50. The quantitative estimate of drug-likeness (QED) is 0.835. The lowest BCUT2D eigenvalue weighted by Gasteiger charge is -2.25. The van der Waals surface area contributed by atoms with E-state index in [4.69, 9.17) is 0 Å². The zero-order valence-electron chi connectivity index (χ0n) is 12.1. The number of hydrogen-bond donors (Lipinski definition) is 2. The molecule has 0 radical (unpaired) electrons. The minimum atomic E-state index is 0.119. The molecule has 2 aliphatic heterocycles. The molecule has 2 saturated heterocycles. The van der Waals surface area contributed by atoms with Gasteiger partial charge in [0.15, 0.2) is 0 Å². The van der Waals surface area contributed by atoms with E-state index in [2.05, 4.69) is 16.7 Å². The number of rotatable bonds is 5. The normalized spacial score (nSPS) is 18.7. The van der Waals surface area contributed by atoms with E-state index in [1.807, 2.05) is 23.1 Å². The summed E-state index contributed by atoms with van der Waals surface area (Å²) in [5.74, 6) is 0.482. The van der Waals surface area contributed by atoms with Crippen LogP contribution in [0.3, 0.4) is 0 Å². The molecule has 1 aromatic rings. The molecular weight excluding hydrogens is 266 g/mol. The molecule has 2 heterocycles. The van der Waals surface area contributed by atoms with Crippen molar-refractivity contribution in [1.82, 2.24) is 15.5 Å². The molecule has 3 rings (SSSR count). The first kappa shape index (κ1) is 14.1. The second kappa shape index (κ2) is 6.26. The molecule has 2 N–H and O–H groups in total. The maximum Gasteiger partial charge on any atom is 0.225 e. The van der Waals surface area contributed by atoms with Crippen molar-refractivity contribution < 1.29 is 9.59 Å². The molecule has 0 bridgehead atoms. The van der Waals surface area contributed by atoms with Crippen LogP contribution < -0.4 is 10.6 Å². The van der Waals surface area contributed by atoms with Crippen LogP contribution in [0.15, 0.2) is 24.3 Å². The van der Waals surface area contributed by atoms with Crippen molar-refractivity contribution >= 4 is 11.8 Å². The number of nitrogens with one attached hydrogen (secondary N) is 2. The van der Waals surface area contributed by atoms with E-state index in [1.165, 1.54) is 0 Å². The van der Waals surface area contributed by atoms with Crippen LogP contribution in [0.5, 0.6) is 0 Å². The van der Waals surface area contributed by atoms with Gasteiger partial charge in [0.2, 0.25) is 11.8 Å². The van der Waals surface area contributed by atoms with Crippen LogP contribution in [-0.2, 0) is 22.7 Å². The van der Waals surface area contributed by atoms with Gasteiger partial charge in [0.1, 0.15) is 0 Å². The Morgan fingerprint density at radius 3 is 2.81 bits per heavy atom. The topological polar surface area (TPSA) is 61.4 Å². The average molecular weight is 287 g/mol. The second-order valence-corrected chi connectivity index (χ2v) is 5.81. The van der Waals surface area contributed by atoms with E-state index >= 15 is 0 Å². The number of carbonyl (C=O) groups is 2. The van der Waals surface area contributed by atoms with Crippen molar-refractivity contribution in [2.45, 2.75) is 25.9 Å². The third-order valence-electron chi connectivity index (χ3n) is 4.16. The van der Waals surface area contributed by atoms with Crippen LogP contribution in [0.1, 0.15) is 24.0 Å². The molecule has 1 aromatic carbocycles. The van der Waals surface area contributed by atoms with Crippen molar-refractivity contribution in [2.24, 2.45) is 5.92 Å². The summed E-state index contributed by atoms with van der Waals surface area (Å²) in [5.41, 5.74) is 2.21. The highest BCUT2D eigenvalue weighted by Crippen LogP contribution is 2.15. The van der Waals surface area contributed by atoms with E-state index in [9.17, 15) is 9.59 Å². The summed E-state index contributed by atoms with van der Waals surface area (Å²) < 4.78 is 0. The maximum absolute atomic E-state index is 11.8. The fraction of sp³-hybridized carbons (Fsp3) is 0.500. The minimum Gasteiger partial charge on any atom is -0.352 e. The molecule has 0 atom stereocenters. The highest BCUT2D eigenvalue weighted by molar-refractivity contribution is 5.80. The molecule has 0 aromatic heterocycles. The van der Waals surface area contributed by atoms with E-state index in [-0.39, 0.29) is 17.7 Å². The molecular formula is C16H21N3O2. The third-order valence-corrected chi connectivity index (χ3v) is 4.16. The monoisotopic (exact) mass is 287 g/mol. The Morgan fingerprint density at radius 1 is 1.33 bits per heavy atom. The standard InChI is InChI=1S/C16H21N3O2/c20-15-5-2-6-19(15)11-13-4-1-3-12(7-13)8-18-16(21)14-9-17-10-14/h1,3-4,7,14,17H,2,5-6,8-11H2,(H,18,21). The van der Waals surface area contributed by atoms with Gasteiger partial charge in [-0.2, -0.15) is 0 Å². The van der Waals surface area contributed by atoms with Crippen LogP contribution in [0.25, 0.3) is 0 Å². The Kier molecular flexibility index (Phi) is 4.20. The zero-order valence-corrected chi connectivity index (χ0v) is 12.1. The lowest BCUT2D eigenvalue weighted by atomic mass is 10.0. The van der Waals surface area contributed by atoms with Crippen molar-refractivity contribution in [1.29, 1.82) is 0 Å². The van der Waals surface area contributed by atoms with Gasteiger partial charge >= 0.3 is 0 Å². The van der Waals surface area contributed by atoms with Gasteiger partial charge in [-0.3, -0.25) is 9.59 Å². The number of amides is 2. The van der Waals surface area contributed by atoms with E-state index in [0.29, 0.717) is 19.5 Å². The number of likely N-dealkylation sites (tertiary alicyclic amines) is 1. The number of hydrogen-bond acceptors (Lipinski definition) is 3. The Labute approximate surface area is 124 Å². The van der Waals surface area contributed by atoms with E-state index < -0.39 is 0 Å². The van der Waals surface area contributed by atoms with Gasteiger partial charge in [0.05, 0.1) is 5.92 Å². The Morgan fingerprint density at radius 2 is 2.14 bits per heavy atom. The molecule has 0 aliphatic carbocycles. The molecule has 112 valence electrons. The fourth-order valence-electron chi connectivity index (χ4n) is 2.74. The molecule has 2 amide bonds. The van der Waals surface area contributed by atoms with Gasteiger partial charge in [-0.05, 0) is 17.5 Å². The largest absolute Gasteiger partial charge is 0.352 e. The zero-order chi connectivity index (χ0) is 14.7. The molecule has 5 heteroatoms. The molecule has 0 saturated carbocycles. The van der Waals surface area contributed by atoms with Crippen LogP contribution in [-0.4, -0.2) is 36.3 Å². The number of carbonyl (C=O) groups excluding carboxylic acids is 2. The number of nitrogens with zero attached hydrogens (tertiary/aromatic N) is 1. The molecule has 0 unspecified atom stereocenters. The van der Waals surface area contributed by atoms with Crippen LogP contribution in [0, 0.1) is 5.92 Å². The van der Waals surface area contributed by atoms with Gasteiger partial charge in [-0.25, -0.2) is 0 Å². The summed E-state index contributed by atoms with van der Waals surface area (Å²) >= 11 is 0. The molecule has 2 aliphatic rings. The summed E-state index contributed by atoms with van der Waals surface area (Å²) in [7, 11) is 0. The SMILES string of the molecule is O=C(NCc1cccc(CN2CCCC2=O)c1)C1CNC1. The van der Waals surface area contributed by atoms with Gasteiger partial charge in [-0.15, -0.1) is 0 Å². The maximum atomic E-state index is 11.8. The van der Waals surface area contributed by atoms with E-state index in [1.54, 1.807) is 0 Å². The van der Waals surface area contributed by atoms with E-state index in [0.717, 1.165) is 37.2 Å². The predicted octanol–water partition coefficient (Wildman–Crippen LogP) is 0.645. The predicted molar refractivity (Wildman–Crippen MR) is 79.3 cm³/mol. The smallest absolute Gasteiger partial charge is 0.225 e. The van der Waals surface area contributed by atoms with Crippen LogP contribution >= 0.6 is 0 Å². The third kappa shape index (κ3) is 3.42. The Bertz CT molecular complexity index is 540. The van der Waals surface area contributed by atoms with Gasteiger partial charge in [0, 0.05) is 39.1 Å². The Hall–Kier alpha value is -1.88. The van der Waals surface area contributed by atoms with Gasteiger partial charge in [-0.1, -0.05) is 24.3 Å². The molecule has 21 heavy (non-hydrogen) atoms. The summed E-state index contributed by atoms with van der Waals surface area (Å²) in [6.07, 6.45) is 1.63. The summed E-state index contributed by atoms with van der Waals surface area (Å²) in [6, 6.07) is 8.11. The molecule has 2 fully saturated rings. The molecule has 5 nitrogen and oxygen atoms in total. The Balaban J connectivity index is 1.55. The fourth-order valence-corrected chi connectivity index (χ4v) is 2.74. The minimum absolute atomic E-state index is 0.119. The van der Waals surface area contributed by atoms with Crippen LogP contribution in [0.4, 0.5) is 0 Å². The van der Waals surface area contributed by atoms with Gasteiger partial charge < -0.3 is 15.5 Å². The van der Waals surface area contributed by atoms with Crippen molar-refractivity contribution in [3.63, 3.8) is 0 Å². The second-order valence-electron chi connectivity index (χ2n) is 5.81. The summed E-state index contributed by atoms with van der Waals surface area (Å²) in [5, 5.41) is 6.07. The summed E-state index contributed by atoms with van der Waals surface area (Å²) in [6.45, 7) is 3.64.